The molecule has 0 saturated carbocycles. The summed E-state index contributed by atoms with van der Waals surface area (Å²) in [4.78, 5) is 26.6. The van der Waals surface area contributed by atoms with E-state index in [1.165, 1.54) is 22.8 Å². The number of carbonyl (C=O) groups is 2. The van der Waals surface area contributed by atoms with Crippen molar-refractivity contribution >= 4 is 23.7 Å². The van der Waals surface area contributed by atoms with Gasteiger partial charge in [0.05, 0.1) is 0 Å². The SMILES string of the molecule is CC(C)(C)OC(=O)Nc1nc2c(C(=O)O)cccn2n1. The number of carboxylic acids is 1. The highest BCUT2D eigenvalue weighted by Crippen LogP contribution is 2.13. The molecular weight excluding hydrogens is 264 g/mol. The molecule has 2 aromatic rings. The van der Waals surface area contributed by atoms with Gasteiger partial charge in [0, 0.05) is 6.20 Å². The molecule has 2 aromatic heterocycles. The Morgan fingerprint density at radius 1 is 1.40 bits per heavy atom. The lowest BCUT2D eigenvalue weighted by atomic mass is 10.2. The standard InChI is InChI=1S/C12H14N4O4/c1-12(2,3)20-11(19)14-10-13-8-7(9(17)18)5-4-6-16(8)15-10/h4-6H,1-3H3,(H,17,18)(H,14,15,19). The lowest BCUT2D eigenvalue weighted by Crippen LogP contribution is -2.27. The van der Waals surface area contributed by atoms with Crippen molar-refractivity contribution in [3.8, 4) is 0 Å². The molecule has 2 N–H and O–H groups in total. The zero-order valence-corrected chi connectivity index (χ0v) is 11.2. The van der Waals surface area contributed by atoms with Gasteiger partial charge in [-0.05, 0) is 32.9 Å². The van der Waals surface area contributed by atoms with Gasteiger partial charge in [0.1, 0.15) is 11.2 Å². The smallest absolute Gasteiger partial charge is 0.414 e. The molecule has 0 aliphatic rings. The first-order chi connectivity index (χ1) is 9.26. The Hall–Kier alpha value is -2.64. The van der Waals surface area contributed by atoms with Gasteiger partial charge < -0.3 is 9.84 Å². The van der Waals surface area contributed by atoms with Gasteiger partial charge in [0.2, 0.25) is 0 Å². The number of fused-ring (bicyclic) bond motifs is 1. The maximum absolute atomic E-state index is 11.6. The van der Waals surface area contributed by atoms with E-state index < -0.39 is 17.7 Å². The molecule has 0 aliphatic carbocycles. The number of carbonyl (C=O) groups excluding carboxylic acids is 1. The summed E-state index contributed by atoms with van der Waals surface area (Å²) < 4.78 is 6.33. The molecule has 0 atom stereocenters. The Morgan fingerprint density at radius 3 is 2.70 bits per heavy atom. The number of ether oxygens (including phenoxy) is 1. The number of hydrogen-bond acceptors (Lipinski definition) is 5. The van der Waals surface area contributed by atoms with Gasteiger partial charge >= 0.3 is 12.1 Å². The molecule has 8 heteroatoms. The maximum atomic E-state index is 11.6. The van der Waals surface area contributed by atoms with Crippen molar-refractivity contribution in [2.24, 2.45) is 0 Å². The number of pyridine rings is 1. The van der Waals surface area contributed by atoms with E-state index in [0.717, 1.165) is 0 Å². The van der Waals surface area contributed by atoms with Crippen molar-refractivity contribution in [2.45, 2.75) is 26.4 Å². The van der Waals surface area contributed by atoms with E-state index >= 15 is 0 Å². The molecule has 0 saturated heterocycles. The van der Waals surface area contributed by atoms with E-state index in [1.54, 1.807) is 20.8 Å². The summed E-state index contributed by atoms with van der Waals surface area (Å²) in [6.45, 7) is 5.19. The second-order valence-corrected chi connectivity index (χ2v) is 5.06. The van der Waals surface area contributed by atoms with Gasteiger partial charge in [-0.25, -0.2) is 14.1 Å². The van der Waals surface area contributed by atoms with Crippen LogP contribution in [0.2, 0.25) is 0 Å². The van der Waals surface area contributed by atoms with Crippen LogP contribution in [0.25, 0.3) is 5.65 Å². The van der Waals surface area contributed by atoms with Crippen LogP contribution in [0.15, 0.2) is 18.3 Å². The van der Waals surface area contributed by atoms with Crippen LogP contribution in [0.3, 0.4) is 0 Å². The van der Waals surface area contributed by atoms with Crippen molar-refractivity contribution in [3.63, 3.8) is 0 Å². The number of nitrogens with zero attached hydrogens (tertiary/aromatic N) is 3. The monoisotopic (exact) mass is 278 g/mol. The molecule has 1 amide bonds. The highest BCUT2D eigenvalue weighted by atomic mass is 16.6. The Labute approximate surface area is 114 Å². The van der Waals surface area contributed by atoms with Crippen LogP contribution >= 0.6 is 0 Å². The van der Waals surface area contributed by atoms with Gasteiger partial charge in [0.25, 0.3) is 5.95 Å². The fraction of sp³-hybridized carbons (Fsp3) is 0.333. The molecule has 0 unspecified atom stereocenters. The highest BCUT2D eigenvalue weighted by Gasteiger charge is 2.19. The lowest BCUT2D eigenvalue weighted by Gasteiger charge is -2.18. The fourth-order valence-electron chi connectivity index (χ4n) is 1.52. The molecule has 0 radical (unpaired) electrons. The minimum absolute atomic E-state index is 0.00256. The number of hydrogen-bond donors (Lipinski definition) is 2. The zero-order chi connectivity index (χ0) is 14.9. The summed E-state index contributed by atoms with van der Waals surface area (Å²) in [7, 11) is 0. The summed E-state index contributed by atoms with van der Waals surface area (Å²) in [5, 5.41) is 15.3. The number of carboxylic acid groups (broad SMARTS) is 1. The first-order valence-electron chi connectivity index (χ1n) is 5.85. The molecule has 0 spiro atoms. The van der Waals surface area contributed by atoms with Gasteiger partial charge in [-0.15, -0.1) is 5.10 Å². The van der Waals surface area contributed by atoms with Crippen LogP contribution in [0.4, 0.5) is 10.7 Å². The predicted molar refractivity (Wildman–Crippen MR) is 69.8 cm³/mol. The molecule has 0 bridgehead atoms. The van der Waals surface area contributed by atoms with E-state index in [1.807, 2.05) is 0 Å². The summed E-state index contributed by atoms with van der Waals surface area (Å²) in [5.41, 5.74) is -0.501. The number of rotatable bonds is 2. The van der Waals surface area contributed by atoms with Crippen molar-refractivity contribution in [1.82, 2.24) is 14.6 Å². The average Bonchev–Trinajstić information content (AvgIpc) is 2.67. The van der Waals surface area contributed by atoms with Crippen LogP contribution < -0.4 is 5.32 Å². The van der Waals surface area contributed by atoms with Crippen LogP contribution in [-0.4, -0.2) is 37.4 Å². The zero-order valence-electron chi connectivity index (χ0n) is 11.2. The minimum Gasteiger partial charge on any atom is -0.478 e. The third-order valence-electron chi connectivity index (χ3n) is 2.21. The molecule has 0 aliphatic heterocycles. The largest absolute Gasteiger partial charge is 0.478 e. The van der Waals surface area contributed by atoms with Gasteiger partial charge in [-0.1, -0.05) is 0 Å². The Bertz CT molecular complexity index is 672. The Morgan fingerprint density at radius 2 is 2.10 bits per heavy atom. The van der Waals surface area contributed by atoms with Crippen molar-refractivity contribution in [3.05, 3.63) is 23.9 Å². The first kappa shape index (κ1) is 13.8. The number of amides is 1. The van der Waals surface area contributed by atoms with Crippen LogP contribution in [0, 0.1) is 0 Å². The maximum Gasteiger partial charge on any atom is 0.414 e. The van der Waals surface area contributed by atoms with E-state index in [-0.39, 0.29) is 17.2 Å². The second kappa shape index (κ2) is 4.80. The molecule has 106 valence electrons. The summed E-state index contributed by atoms with van der Waals surface area (Å²) >= 11 is 0. The van der Waals surface area contributed by atoms with E-state index in [9.17, 15) is 9.59 Å². The van der Waals surface area contributed by atoms with Crippen molar-refractivity contribution < 1.29 is 19.4 Å². The van der Waals surface area contributed by atoms with Crippen LogP contribution in [0.5, 0.6) is 0 Å². The van der Waals surface area contributed by atoms with Crippen molar-refractivity contribution in [2.75, 3.05) is 5.32 Å². The van der Waals surface area contributed by atoms with Crippen molar-refractivity contribution in [1.29, 1.82) is 0 Å². The summed E-state index contributed by atoms with van der Waals surface area (Å²) in [6, 6.07) is 2.94. The summed E-state index contributed by atoms with van der Waals surface area (Å²) in [6.07, 6.45) is 0.833. The normalized spacial score (nSPS) is 11.3. The molecule has 20 heavy (non-hydrogen) atoms. The minimum atomic E-state index is -1.12. The third-order valence-corrected chi connectivity index (χ3v) is 2.21. The van der Waals surface area contributed by atoms with E-state index in [4.69, 9.17) is 9.84 Å². The van der Waals surface area contributed by atoms with E-state index in [2.05, 4.69) is 15.4 Å². The molecule has 8 nitrogen and oxygen atoms in total. The third kappa shape index (κ3) is 3.02. The first-order valence-corrected chi connectivity index (χ1v) is 5.85. The van der Waals surface area contributed by atoms with Gasteiger partial charge in [-0.2, -0.15) is 4.98 Å². The number of aromatic carboxylic acids is 1. The van der Waals surface area contributed by atoms with Crippen LogP contribution in [-0.2, 0) is 4.74 Å². The molecule has 0 fully saturated rings. The number of nitrogens with one attached hydrogen (secondary N) is 1. The van der Waals surface area contributed by atoms with Gasteiger partial charge in [-0.3, -0.25) is 5.32 Å². The topological polar surface area (TPSA) is 106 Å². The Balaban J connectivity index is 2.27. The fourth-order valence-corrected chi connectivity index (χ4v) is 1.52. The van der Waals surface area contributed by atoms with Gasteiger partial charge in [0.15, 0.2) is 5.65 Å². The molecule has 0 aromatic carbocycles. The molecule has 2 heterocycles. The summed E-state index contributed by atoms with van der Waals surface area (Å²) in [5.74, 6) is -1.14. The lowest BCUT2D eigenvalue weighted by molar-refractivity contribution is 0.0633. The number of anilines is 1. The predicted octanol–water partition coefficient (Wildman–Crippen LogP) is 1.77. The quantitative estimate of drug-likeness (QED) is 0.867. The second-order valence-electron chi connectivity index (χ2n) is 5.06. The Kier molecular flexibility index (Phi) is 3.31. The van der Waals surface area contributed by atoms with E-state index in [0.29, 0.717) is 0 Å². The average molecular weight is 278 g/mol. The molecule has 2 rings (SSSR count). The van der Waals surface area contributed by atoms with Crippen LogP contribution in [0.1, 0.15) is 31.1 Å². The number of aromatic nitrogens is 3. The highest BCUT2D eigenvalue weighted by molar-refractivity contribution is 5.94. The molecular formula is C12H14N4O4.